The zero-order valence-electron chi connectivity index (χ0n) is 20.2. The fourth-order valence-corrected chi connectivity index (χ4v) is 6.54. The standard InChI is InChI=1S/C30H37NO2/c1-21-14-17-26(30(2,3)24-12-8-5-9-13-24)27(18-21)33-29(32)28-23-15-16-25(19-23)31(28)20-22-10-6-4-7-11-22/h4-13,15-16,21,23,25-28H,14,17-20H2,1-3H3/t21-,23+,25-,26-,27-,28+/m1/s1. The van der Waals surface area contributed by atoms with E-state index in [0.717, 1.165) is 25.8 Å². The second kappa shape index (κ2) is 9.10. The Labute approximate surface area is 198 Å². The predicted octanol–water partition coefficient (Wildman–Crippen LogP) is 6.14. The van der Waals surface area contributed by atoms with Crippen LogP contribution in [0.4, 0.5) is 0 Å². The maximum atomic E-state index is 13.7. The summed E-state index contributed by atoms with van der Waals surface area (Å²) in [4.78, 5) is 16.1. The largest absolute Gasteiger partial charge is 0.461 e. The van der Waals surface area contributed by atoms with Gasteiger partial charge in [-0.1, -0.05) is 100 Å². The van der Waals surface area contributed by atoms with Crippen LogP contribution >= 0.6 is 0 Å². The summed E-state index contributed by atoms with van der Waals surface area (Å²) in [7, 11) is 0. The molecule has 3 nitrogen and oxygen atoms in total. The fraction of sp³-hybridized carbons (Fsp3) is 0.500. The topological polar surface area (TPSA) is 29.5 Å². The molecule has 2 bridgehead atoms. The Bertz CT molecular complexity index is 983. The molecule has 2 aliphatic carbocycles. The summed E-state index contributed by atoms with van der Waals surface area (Å²) in [6.07, 6.45) is 8.79. The van der Waals surface area contributed by atoms with Gasteiger partial charge in [-0.15, -0.1) is 0 Å². The molecule has 1 saturated heterocycles. The van der Waals surface area contributed by atoms with E-state index >= 15 is 0 Å². The molecule has 0 amide bonds. The normalized spacial score (nSPS) is 31.6. The summed E-state index contributed by atoms with van der Waals surface area (Å²) >= 11 is 0. The van der Waals surface area contributed by atoms with Crippen LogP contribution in [-0.2, 0) is 21.5 Å². The molecule has 6 atom stereocenters. The number of ether oxygens (including phenoxy) is 1. The number of likely N-dealkylation sites (tertiary alicyclic amines) is 1. The van der Waals surface area contributed by atoms with Crippen molar-refractivity contribution in [1.29, 1.82) is 0 Å². The van der Waals surface area contributed by atoms with E-state index in [0.29, 0.717) is 17.9 Å². The van der Waals surface area contributed by atoms with Crippen molar-refractivity contribution >= 4 is 5.97 Å². The summed E-state index contributed by atoms with van der Waals surface area (Å²) in [5.74, 6) is 1.17. The number of carbonyl (C=O) groups is 1. The number of hydrogen-bond donors (Lipinski definition) is 0. The van der Waals surface area contributed by atoms with Gasteiger partial charge in [-0.3, -0.25) is 9.69 Å². The SMILES string of the molecule is C[C@@H]1CC[C@@H](C(C)(C)c2ccccc2)[C@H](OC(=O)[C@@H]2[C@H]3C=C[C@H](C3)N2Cc2ccccc2)C1. The zero-order chi connectivity index (χ0) is 23.0. The number of nitrogens with zero attached hydrogens (tertiary/aromatic N) is 1. The third-order valence-corrected chi connectivity index (χ3v) is 8.50. The summed E-state index contributed by atoms with van der Waals surface area (Å²) in [5.41, 5.74) is 2.55. The van der Waals surface area contributed by atoms with Crippen molar-refractivity contribution in [3.63, 3.8) is 0 Å². The maximum Gasteiger partial charge on any atom is 0.324 e. The first-order chi connectivity index (χ1) is 15.9. The lowest BCUT2D eigenvalue weighted by atomic mass is 9.64. The van der Waals surface area contributed by atoms with Crippen LogP contribution in [0, 0.1) is 17.8 Å². The van der Waals surface area contributed by atoms with Gasteiger partial charge in [0.15, 0.2) is 0 Å². The van der Waals surface area contributed by atoms with Crippen molar-refractivity contribution in [3.05, 3.63) is 83.9 Å². The average Bonchev–Trinajstić information content (AvgIpc) is 3.42. The smallest absolute Gasteiger partial charge is 0.324 e. The van der Waals surface area contributed by atoms with Gasteiger partial charge >= 0.3 is 5.97 Å². The number of rotatable bonds is 6. The first kappa shape index (κ1) is 22.4. The zero-order valence-corrected chi connectivity index (χ0v) is 20.2. The molecule has 1 heterocycles. The molecule has 2 fully saturated rings. The van der Waals surface area contributed by atoms with Crippen LogP contribution in [0.1, 0.15) is 57.6 Å². The van der Waals surface area contributed by atoms with E-state index in [1.807, 2.05) is 6.07 Å². The highest BCUT2D eigenvalue weighted by Crippen LogP contribution is 2.45. The fourth-order valence-electron chi connectivity index (χ4n) is 6.54. The van der Waals surface area contributed by atoms with Crippen LogP contribution in [0.15, 0.2) is 72.8 Å². The first-order valence-corrected chi connectivity index (χ1v) is 12.7. The van der Waals surface area contributed by atoms with Gasteiger partial charge in [0.25, 0.3) is 0 Å². The third kappa shape index (κ3) is 4.40. The van der Waals surface area contributed by atoms with Gasteiger partial charge in [0.2, 0.25) is 0 Å². The molecule has 5 rings (SSSR count). The molecule has 2 aromatic rings. The number of carbonyl (C=O) groups excluding carboxylic acids is 1. The molecule has 3 heteroatoms. The molecule has 0 unspecified atom stereocenters. The Kier molecular flexibility index (Phi) is 6.18. The van der Waals surface area contributed by atoms with Crippen molar-refractivity contribution < 1.29 is 9.53 Å². The lowest BCUT2D eigenvalue weighted by Gasteiger charge is -2.44. The van der Waals surface area contributed by atoms with Gasteiger partial charge in [0.05, 0.1) is 0 Å². The quantitative estimate of drug-likeness (QED) is 0.397. The second-order valence-electron chi connectivity index (χ2n) is 11.0. The number of hydrogen-bond acceptors (Lipinski definition) is 3. The van der Waals surface area contributed by atoms with E-state index in [1.165, 1.54) is 17.5 Å². The van der Waals surface area contributed by atoms with Crippen molar-refractivity contribution in [3.8, 4) is 0 Å². The van der Waals surface area contributed by atoms with E-state index in [1.54, 1.807) is 0 Å². The highest BCUT2D eigenvalue weighted by atomic mass is 16.5. The van der Waals surface area contributed by atoms with Crippen molar-refractivity contribution in [2.75, 3.05) is 0 Å². The molecule has 1 aliphatic heterocycles. The minimum Gasteiger partial charge on any atom is -0.461 e. The van der Waals surface area contributed by atoms with Crippen LogP contribution in [0.5, 0.6) is 0 Å². The van der Waals surface area contributed by atoms with Crippen LogP contribution in [0.25, 0.3) is 0 Å². The summed E-state index contributed by atoms with van der Waals surface area (Å²) in [5, 5.41) is 0. The number of fused-ring (bicyclic) bond motifs is 2. The molecule has 2 aromatic carbocycles. The minimum absolute atomic E-state index is 0.0178. The molecule has 1 saturated carbocycles. The molecular weight excluding hydrogens is 406 g/mol. The lowest BCUT2D eigenvalue weighted by molar-refractivity contribution is -0.163. The molecule has 0 radical (unpaired) electrons. The summed E-state index contributed by atoms with van der Waals surface area (Å²) < 4.78 is 6.47. The third-order valence-electron chi connectivity index (χ3n) is 8.50. The Morgan fingerprint density at radius 1 is 0.970 bits per heavy atom. The van der Waals surface area contributed by atoms with E-state index in [4.69, 9.17) is 4.74 Å². The van der Waals surface area contributed by atoms with Gasteiger partial charge in [0.1, 0.15) is 12.1 Å². The highest BCUT2D eigenvalue weighted by Gasteiger charge is 2.49. The van der Waals surface area contributed by atoms with Crippen molar-refractivity contribution in [2.45, 2.75) is 76.6 Å². The molecule has 0 spiro atoms. The van der Waals surface area contributed by atoms with E-state index < -0.39 is 0 Å². The van der Waals surface area contributed by atoms with Crippen LogP contribution < -0.4 is 0 Å². The Morgan fingerprint density at radius 2 is 1.67 bits per heavy atom. The maximum absolute atomic E-state index is 13.7. The second-order valence-corrected chi connectivity index (χ2v) is 11.0. The number of benzene rings is 2. The van der Waals surface area contributed by atoms with Crippen molar-refractivity contribution in [1.82, 2.24) is 4.90 Å². The minimum atomic E-state index is -0.169. The number of esters is 1. The van der Waals surface area contributed by atoms with Crippen molar-refractivity contribution in [2.24, 2.45) is 17.8 Å². The highest BCUT2D eigenvalue weighted by molar-refractivity contribution is 5.78. The van der Waals surface area contributed by atoms with Crippen LogP contribution in [0.2, 0.25) is 0 Å². The summed E-state index contributed by atoms with van der Waals surface area (Å²) in [6.45, 7) is 7.75. The van der Waals surface area contributed by atoms with Crippen LogP contribution in [0.3, 0.4) is 0 Å². The Hall–Kier alpha value is -2.39. The molecule has 0 N–H and O–H groups in total. The van der Waals surface area contributed by atoms with Gasteiger partial charge in [0, 0.05) is 24.4 Å². The molecule has 174 valence electrons. The average molecular weight is 444 g/mol. The van der Waals surface area contributed by atoms with E-state index in [-0.39, 0.29) is 29.4 Å². The van der Waals surface area contributed by atoms with Gasteiger partial charge in [-0.05, 0) is 41.7 Å². The van der Waals surface area contributed by atoms with Gasteiger partial charge < -0.3 is 4.74 Å². The van der Waals surface area contributed by atoms with E-state index in [2.05, 4.69) is 92.4 Å². The molecule has 33 heavy (non-hydrogen) atoms. The Morgan fingerprint density at radius 3 is 2.39 bits per heavy atom. The van der Waals surface area contributed by atoms with Gasteiger partial charge in [-0.25, -0.2) is 0 Å². The van der Waals surface area contributed by atoms with Gasteiger partial charge in [-0.2, -0.15) is 0 Å². The lowest BCUT2D eigenvalue weighted by Crippen LogP contribution is -2.49. The Balaban J connectivity index is 1.36. The monoisotopic (exact) mass is 443 g/mol. The van der Waals surface area contributed by atoms with Crippen LogP contribution in [-0.4, -0.2) is 29.1 Å². The first-order valence-electron chi connectivity index (χ1n) is 12.7. The van der Waals surface area contributed by atoms with E-state index in [9.17, 15) is 4.79 Å². The molecule has 0 aromatic heterocycles. The summed E-state index contributed by atoms with van der Waals surface area (Å²) in [6, 6.07) is 21.4. The molecular formula is C30H37NO2. The predicted molar refractivity (Wildman–Crippen MR) is 133 cm³/mol. The molecule has 3 aliphatic rings.